The molecule has 8 heteroatoms. The van der Waals surface area contributed by atoms with Crippen molar-refractivity contribution in [3.05, 3.63) is 63.4 Å². The Morgan fingerprint density at radius 1 is 1.27 bits per heavy atom. The number of hydrogen-bond donors (Lipinski definition) is 1. The molecule has 1 aromatic heterocycles. The lowest BCUT2D eigenvalue weighted by Crippen LogP contribution is -2.15. The van der Waals surface area contributed by atoms with Crippen LogP contribution in [0, 0.1) is 25.2 Å². The molecule has 1 aromatic carbocycles. The minimum atomic E-state index is -4.78. The SMILES string of the molecule is Cc1ccc(NC(=O)/C(C#N)=C/c2ccc(Cl)nc2C(F)(F)F)c(C)c1. The average molecular weight is 380 g/mol. The summed E-state index contributed by atoms with van der Waals surface area (Å²) in [6.45, 7) is 3.65. The number of carbonyl (C=O) groups excluding carboxylic acids is 1. The lowest BCUT2D eigenvalue weighted by molar-refractivity contribution is -0.141. The van der Waals surface area contributed by atoms with Crippen LogP contribution in [0.15, 0.2) is 35.9 Å². The van der Waals surface area contributed by atoms with Gasteiger partial charge in [-0.1, -0.05) is 29.3 Å². The number of pyridine rings is 1. The maximum absolute atomic E-state index is 13.1. The van der Waals surface area contributed by atoms with Gasteiger partial charge in [-0.15, -0.1) is 0 Å². The summed E-state index contributed by atoms with van der Waals surface area (Å²) in [6.07, 6.45) is -3.94. The highest BCUT2D eigenvalue weighted by atomic mass is 35.5. The summed E-state index contributed by atoms with van der Waals surface area (Å²) in [6, 6.07) is 9.08. The van der Waals surface area contributed by atoms with Crippen LogP contribution in [-0.2, 0) is 11.0 Å². The molecule has 0 aliphatic carbocycles. The van der Waals surface area contributed by atoms with Crippen LogP contribution in [0.4, 0.5) is 18.9 Å². The molecule has 0 saturated carbocycles. The van der Waals surface area contributed by atoms with E-state index in [1.807, 2.05) is 13.0 Å². The van der Waals surface area contributed by atoms with E-state index in [2.05, 4.69) is 10.3 Å². The topological polar surface area (TPSA) is 65.8 Å². The fraction of sp³-hybridized carbons (Fsp3) is 0.167. The number of alkyl halides is 3. The first-order chi connectivity index (χ1) is 12.1. The molecule has 0 atom stereocenters. The molecule has 0 aliphatic heterocycles. The first-order valence-corrected chi connectivity index (χ1v) is 7.73. The Bertz CT molecular complexity index is 930. The third-order valence-corrected chi connectivity index (χ3v) is 3.67. The molecule has 1 amide bonds. The molecule has 0 aliphatic rings. The van der Waals surface area contributed by atoms with Crippen LogP contribution in [0.1, 0.15) is 22.4 Å². The number of nitrogens with one attached hydrogen (secondary N) is 1. The Hall–Kier alpha value is -2.85. The third kappa shape index (κ3) is 4.61. The Labute approximate surface area is 152 Å². The van der Waals surface area contributed by atoms with E-state index in [1.165, 1.54) is 0 Å². The molecule has 0 radical (unpaired) electrons. The number of halogens is 4. The molecule has 1 N–H and O–H groups in total. The predicted octanol–water partition coefficient (Wildman–Crippen LogP) is 4.92. The van der Waals surface area contributed by atoms with Crippen LogP contribution in [0.5, 0.6) is 0 Å². The van der Waals surface area contributed by atoms with Crippen molar-refractivity contribution in [1.82, 2.24) is 4.98 Å². The number of benzene rings is 1. The monoisotopic (exact) mass is 379 g/mol. The highest BCUT2D eigenvalue weighted by Crippen LogP contribution is 2.32. The molecule has 0 bridgehead atoms. The Kier molecular flexibility index (Phi) is 5.68. The Morgan fingerprint density at radius 2 is 1.96 bits per heavy atom. The summed E-state index contributed by atoms with van der Waals surface area (Å²) in [5.41, 5.74) is 0.0382. The number of amides is 1. The van der Waals surface area contributed by atoms with Gasteiger partial charge < -0.3 is 5.32 Å². The highest BCUT2D eigenvalue weighted by Gasteiger charge is 2.35. The lowest BCUT2D eigenvalue weighted by atomic mass is 10.1. The standard InChI is InChI=1S/C18H13ClF3N3O/c1-10-3-5-14(11(2)7-10)24-17(26)13(9-23)8-12-4-6-15(19)25-16(12)18(20,21)22/h3-8H,1-2H3,(H,24,26)/b13-8+. The van der Waals surface area contributed by atoms with Crippen molar-refractivity contribution < 1.29 is 18.0 Å². The van der Waals surface area contributed by atoms with E-state index in [4.69, 9.17) is 11.6 Å². The summed E-state index contributed by atoms with van der Waals surface area (Å²) in [5, 5.41) is 11.4. The maximum Gasteiger partial charge on any atom is 0.433 e. The molecule has 0 saturated heterocycles. The molecule has 0 fully saturated rings. The van der Waals surface area contributed by atoms with Gasteiger partial charge >= 0.3 is 6.18 Å². The zero-order valence-corrected chi connectivity index (χ0v) is 14.5. The average Bonchev–Trinajstić information content (AvgIpc) is 2.55. The Balaban J connectivity index is 2.39. The largest absolute Gasteiger partial charge is 0.433 e. The molecule has 1 heterocycles. The number of aryl methyl sites for hydroxylation is 2. The highest BCUT2D eigenvalue weighted by molar-refractivity contribution is 6.29. The summed E-state index contributed by atoms with van der Waals surface area (Å²) in [7, 11) is 0. The van der Waals surface area contributed by atoms with Crippen molar-refractivity contribution in [2.45, 2.75) is 20.0 Å². The molecule has 26 heavy (non-hydrogen) atoms. The number of hydrogen-bond acceptors (Lipinski definition) is 3. The summed E-state index contributed by atoms with van der Waals surface area (Å²) in [5.74, 6) is -0.817. The number of nitriles is 1. The normalized spacial score (nSPS) is 11.8. The van der Waals surface area contributed by atoms with Crippen LogP contribution in [0.2, 0.25) is 5.15 Å². The van der Waals surface area contributed by atoms with Crippen molar-refractivity contribution >= 4 is 29.3 Å². The van der Waals surface area contributed by atoms with E-state index in [1.54, 1.807) is 25.1 Å². The summed E-state index contributed by atoms with van der Waals surface area (Å²) >= 11 is 5.52. The van der Waals surface area contributed by atoms with Crippen LogP contribution in [0.3, 0.4) is 0 Å². The van der Waals surface area contributed by atoms with Crippen molar-refractivity contribution in [3.63, 3.8) is 0 Å². The van der Waals surface area contributed by atoms with Crippen LogP contribution >= 0.6 is 11.6 Å². The van der Waals surface area contributed by atoms with Gasteiger partial charge in [-0.05, 0) is 43.7 Å². The molecule has 134 valence electrons. The molecular weight excluding hydrogens is 367 g/mol. The summed E-state index contributed by atoms with van der Waals surface area (Å²) < 4.78 is 39.3. The van der Waals surface area contributed by atoms with Gasteiger partial charge in [0.05, 0.1) is 0 Å². The van der Waals surface area contributed by atoms with E-state index < -0.39 is 28.9 Å². The van der Waals surface area contributed by atoms with E-state index in [0.717, 1.165) is 29.3 Å². The number of aromatic nitrogens is 1. The van der Waals surface area contributed by atoms with Gasteiger partial charge in [-0.2, -0.15) is 18.4 Å². The van der Waals surface area contributed by atoms with Crippen molar-refractivity contribution in [1.29, 1.82) is 5.26 Å². The van der Waals surface area contributed by atoms with Gasteiger partial charge in [0.15, 0.2) is 5.69 Å². The van der Waals surface area contributed by atoms with Crippen LogP contribution < -0.4 is 5.32 Å². The fourth-order valence-electron chi connectivity index (χ4n) is 2.24. The quantitative estimate of drug-likeness (QED) is 0.468. The van der Waals surface area contributed by atoms with E-state index in [-0.39, 0.29) is 5.15 Å². The second kappa shape index (κ2) is 7.58. The minimum absolute atomic E-state index is 0.340. The van der Waals surface area contributed by atoms with Gasteiger partial charge in [0, 0.05) is 11.3 Å². The van der Waals surface area contributed by atoms with Gasteiger partial charge in [0.25, 0.3) is 5.91 Å². The maximum atomic E-state index is 13.1. The predicted molar refractivity (Wildman–Crippen MR) is 92.4 cm³/mol. The molecule has 0 unspecified atom stereocenters. The van der Waals surface area contributed by atoms with Crippen molar-refractivity contribution in [2.24, 2.45) is 0 Å². The zero-order valence-electron chi connectivity index (χ0n) is 13.8. The molecule has 4 nitrogen and oxygen atoms in total. The van der Waals surface area contributed by atoms with Gasteiger partial charge in [0.2, 0.25) is 0 Å². The second-order valence-corrected chi connectivity index (χ2v) is 5.90. The molecule has 2 aromatic rings. The lowest BCUT2D eigenvalue weighted by Gasteiger charge is -2.11. The first kappa shape index (κ1) is 19.5. The molecule has 0 spiro atoms. The van der Waals surface area contributed by atoms with Gasteiger partial charge in [-0.25, -0.2) is 4.98 Å². The number of anilines is 1. The number of nitrogens with zero attached hydrogens (tertiary/aromatic N) is 2. The second-order valence-electron chi connectivity index (χ2n) is 5.51. The Morgan fingerprint density at radius 3 is 2.54 bits per heavy atom. The van der Waals surface area contributed by atoms with Gasteiger partial charge in [0.1, 0.15) is 16.8 Å². The van der Waals surface area contributed by atoms with E-state index in [9.17, 15) is 23.2 Å². The van der Waals surface area contributed by atoms with E-state index in [0.29, 0.717) is 5.69 Å². The zero-order chi connectivity index (χ0) is 19.5. The summed E-state index contributed by atoms with van der Waals surface area (Å²) in [4.78, 5) is 15.5. The van der Waals surface area contributed by atoms with Gasteiger partial charge in [-0.3, -0.25) is 4.79 Å². The minimum Gasteiger partial charge on any atom is -0.321 e. The van der Waals surface area contributed by atoms with Crippen LogP contribution in [-0.4, -0.2) is 10.9 Å². The number of rotatable bonds is 3. The van der Waals surface area contributed by atoms with Crippen molar-refractivity contribution in [2.75, 3.05) is 5.32 Å². The third-order valence-electron chi connectivity index (χ3n) is 3.46. The first-order valence-electron chi connectivity index (χ1n) is 7.36. The van der Waals surface area contributed by atoms with E-state index >= 15 is 0 Å². The fourth-order valence-corrected chi connectivity index (χ4v) is 2.38. The molecular formula is C18H13ClF3N3O. The number of carbonyl (C=O) groups is 1. The smallest absolute Gasteiger partial charge is 0.321 e. The van der Waals surface area contributed by atoms with Crippen molar-refractivity contribution in [3.8, 4) is 6.07 Å². The van der Waals surface area contributed by atoms with Crippen LogP contribution in [0.25, 0.3) is 6.08 Å². The molecule has 2 rings (SSSR count).